The number of aliphatic imine (C=N–C) groups is 1. The molecule has 0 radical (unpaired) electrons. The van der Waals surface area contributed by atoms with Gasteiger partial charge in [0.1, 0.15) is 12.4 Å². The molecule has 0 saturated heterocycles. The summed E-state index contributed by atoms with van der Waals surface area (Å²) in [6, 6.07) is 0. The van der Waals surface area contributed by atoms with Gasteiger partial charge in [0.25, 0.3) is 0 Å². The van der Waals surface area contributed by atoms with Crippen LogP contribution in [-0.4, -0.2) is 33.8 Å². The highest BCUT2D eigenvalue weighted by atomic mass is 127. The van der Waals surface area contributed by atoms with Crippen LogP contribution in [0.4, 0.5) is 0 Å². The van der Waals surface area contributed by atoms with E-state index < -0.39 is 0 Å². The third kappa shape index (κ3) is 6.64. The normalized spacial score (nSPS) is 14.6. The lowest BCUT2D eigenvalue weighted by molar-refractivity contribution is 0.605. The van der Waals surface area contributed by atoms with E-state index in [2.05, 4.69) is 44.2 Å². The third-order valence-corrected chi connectivity index (χ3v) is 3.98. The largest absolute Gasteiger partial charge is 0.357 e. The molecule has 0 aromatic carbocycles. The summed E-state index contributed by atoms with van der Waals surface area (Å²) in [4.78, 5) is 4.66. The van der Waals surface area contributed by atoms with Crippen LogP contribution in [0.15, 0.2) is 4.99 Å². The molecule has 0 amide bonds. The molecule has 1 aromatic heterocycles. The van der Waals surface area contributed by atoms with Crippen molar-refractivity contribution in [3.8, 4) is 0 Å². The molecule has 0 saturated carbocycles. The monoisotopic (exact) mass is 434 g/mol. The molecule has 1 aliphatic rings. The summed E-state index contributed by atoms with van der Waals surface area (Å²) in [6.07, 6.45) is 8.45. The highest BCUT2D eigenvalue weighted by Gasteiger charge is 2.14. The molecule has 6 nitrogen and oxygen atoms in total. The van der Waals surface area contributed by atoms with E-state index >= 15 is 0 Å². The maximum Gasteiger partial charge on any atom is 0.191 e. The predicted molar refractivity (Wildman–Crippen MR) is 105 cm³/mol. The van der Waals surface area contributed by atoms with Gasteiger partial charge in [-0.1, -0.05) is 26.2 Å². The van der Waals surface area contributed by atoms with Gasteiger partial charge in [0.2, 0.25) is 0 Å². The molecular weight excluding hydrogens is 403 g/mol. The number of hydrogen-bond donors (Lipinski definition) is 2. The minimum Gasteiger partial charge on any atom is -0.357 e. The maximum absolute atomic E-state index is 4.66. The van der Waals surface area contributed by atoms with Crippen LogP contribution in [0, 0.1) is 0 Å². The van der Waals surface area contributed by atoms with E-state index in [0.29, 0.717) is 6.54 Å². The fourth-order valence-corrected chi connectivity index (χ4v) is 2.74. The van der Waals surface area contributed by atoms with Crippen molar-refractivity contribution in [3.63, 3.8) is 0 Å². The lowest BCUT2D eigenvalue weighted by atomic mass is 10.2. The first-order valence-corrected chi connectivity index (χ1v) is 8.78. The summed E-state index contributed by atoms with van der Waals surface area (Å²) < 4.78 is 2.26. The first-order chi connectivity index (χ1) is 10.8. The Morgan fingerprint density at radius 2 is 2.00 bits per heavy atom. The smallest absolute Gasteiger partial charge is 0.191 e. The molecule has 0 spiro atoms. The summed E-state index contributed by atoms with van der Waals surface area (Å²) in [5.41, 5.74) is 0. The van der Waals surface area contributed by atoms with Crippen LogP contribution in [0.2, 0.25) is 0 Å². The van der Waals surface area contributed by atoms with Crippen molar-refractivity contribution in [2.75, 3.05) is 13.1 Å². The molecule has 2 heterocycles. The van der Waals surface area contributed by atoms with Gasteiger partial charge < -0.3 is 15.2 Å². The number of hydrogen-bond acceptors (Lipinski definition) is 3. The maximum atomic E-state index is 4.66. The van der Waals surface area contributed by atoms with Crippen molar-refractivity contribution >= 4 is 29.9 Å². The van der Waals surface area contributed by atoms with Crippen molar-refractivity contribution < 1.29 is 0 Å². The number of nitrogens with one attached hydrogen (secondary N) is 2. The van der Waals surface area contributed by atoms with Crippen LogP contribution >= 0.6 is 24.0 Å². The van der Waals surface area contributed by atoms with Crippen molar-refractivity contribution in [3.05, 3.63) is 11.6 Å². The number of rotatable bonds is 7. The number of halogens is 1. The molecule has 132 valence electrons. The quantitative estimate of drug-likeness (QED) is 0.300. The van der Waals surface area contributed by atoms with E-state index in [9.17, 15) is 0 Å². The molecule has 2 rings (SSSR count). The van der Waals surface area contributed by atoms with Crippen molar-refractivity contribution in [1.29, 1.82) is 0 Å². The number of aryl methyl sites for hydroxylation is 1. The zero-order valence-electron chi connectivity index (χ0n) is 14.5. The Balaban J connectivity index is 0.00000264. The highest BCUT2D eigenvalue weighted by molar-refractivity contribution is 14.0. The van der Waals surface area contributed by atoms with Crippen molar-refractivity contribution in [2.24, 2.45) is 4.99 Å². The predicted octanol–water partition coefficient (Wildman–Crippen LogP) is 2.87. The van der Waals surface area contributed by atoms with Crippen LogP contribution < -0.4 is 10.6 Å². The lowest BCUT2D eigenvalue weighted by Gasteiger charge is -2.11. The topological polar surface area (TPSA) is 67.1 Å². The van der Waals surface area contributed by atoms with Crippen LogP contribution in [0.25, 0.3) is 0 Å². The van der Waals surface area contributed by atoms with Gasteiger partial charge in [0, 0.05) is 26.1 Å². The number of nitrogens with zero attached hydrogens (tertiary/aromatic N) is 4. The Labute approximate surface area is 157 Å². The van der Waals surface area contributed by atoms with E-state index in [1.807, 2.05) is 0 Å². The Bertz CT molecular complexity index is 471. The second-order valence-electron chi connectivity index (χ2n) is 5.82. The van der Waals surface area contributed by atoms with Crippen molar-refractivity contribution in [1.82, 2.24) is 25.4 Å². The molecule has 0 fully saturated rings. The second-order valence-corrected chi connectivity index (χ2v) is 5.82. The highest BCUT2D eigenvalue weighted by Crippen LogP contribution is 2.14. The standard InChI is InChI=1S/C16H30N6.HI/c1-3-5-8-11-18-16(17-4-2)19-13-15-21-20-14-10-7-6-9-12-22(14)15;/h3-13H2,1-2H3,(H2,17,18,19);1H. The van der Waals surface area contributed by atoms with Crippen molar-refractivity contribution in [2.45, 2.75) is 71.9 Å². The van der Waals surface area contributed by atoms with E-state index in [1.54, 1.807) is 0 Å². The van der Waals surface area contributed by atoms with Crippen LogP contribution in [0.3, 0.4) is 0 Å². The summed E-state index contributed by atoms with van der Waals surface area (Å²) in [7, 11) is 0. The summed E-state index contributed by atoms with van der Waals surface area (Å²) in [5.74, 6) is 3.00. The Morgan fingerprint density at radius 3 is 2.78 bits per heavy atom. The molecular formula is C16H31IN6. The molecule has 0 aliphatic carbocycles. The van der Waals surface area contributed by atoms with Gasteiger partial charge >= 0.3 is 0 Å². The van der Waals surface area contributed by atoms with Crippen LogP contribution in [-0.2, 0) is 19.5 Å². The summed E-state index contributed by atoms with van der Waals surface area (Å²) in [6.45, 7) is 7.78. The number of guanidine groups is 1. The third-order valence-electron chi connectivity index (χ3n) is 3.98. The van der Waals surface area contributed by atoms with Crippen LogP contribution in [0.5, 0.6) is 0 Å². The molecule has 7 heteroatoms. The molecule has 0 unspecified atom stereocenters. The molecule has 2 N–H and O–H groups in total. The average molecular weight is 434 g/mol. The SMILES string of the molecule is CCCCCNC(=NCc1nnc2n1CCCCC2)NCC.I. The number of fused-ring (bicyclic) bond motifs is 1. The van der Waals surface area contributed by atoms with E-state index in [-0.39, 0.29) is 24.0 Å². The first kappa shape index (κ1) is 20.2. The zero-order valence-corrected chi connectivity index (χ0v) is 16.8. The Kier molecular flexibility index (Phi) is 10.2. The zero-order chi connectivity index (χ0) is 15.6. The molecule has 0 atom stereocenters. The molecule has 1 aliphatic heterocycles. The summed E-state index contributed by atoms with van der Waals surface area (Å²) in [5, 5.41) is 15.3. The van der Waals surface area contributed by atoms with Crippen LogP contribution in [0.1, 0.15) is 64.0 Å². The van der Waals surface area contributed by atoms with Gasteiger partial charge in [-0.15, -0.1) is 34.2 Å². The minimum absolute atomic E-state index is 0. The fraction of sp³-hybridized carbons (Fsp3) is 0.812. The first-order valence-electron chi connectivity index (χ1n) is 8.78. The minimum atomic E-state index is 0. The van der Waals surface area contributed by atoms with E-state index in [4.69, 9.17) is 0 Å². The van der Waals surface area contributed by atoms with Gasteiger partial charge in [-0.2, -0.15) is 0 Å². The lowest BCUT2D eigenvalue weighted by Crippen LogP contribution is -2.37. The molecule has 23 heavy (non-hydrogen) atoms. The number of aromatic nitrogens is 3. The molecule has 1 aromatic rings. The van der Waals surface area contributed by atoms with E-state index in [1.165, 1.54) is 38.5 Å². The summed E-state index contributed by atoms with van der Waals surface area (Å²) >= 11 is 0. The van der Waals surface area contributed by atoms with Gasteiger partial charge in [-0.05, 0) is 26.2 Å². The van der Waals surface area contributed by atoms with Gasteiger partial charge in [-0.3, -0.25) is 0 Å². The fourth-order valence-electron chi connectivity index (χ4n) is 2.74. The average Bonchev–Trinajstić information content (AvgIpc) is 2.76. The van der Waals surface area contributed by atoms with E-state index in [0.717, 1.165) is 43.7 Å². The second kappa shape index (κ2) is 11.6. The Hall–Kier alpha value is -0.860. The molecule has 0 bridgehead atoms. The van der Waals surface area contributed by atoms with Gasteiger partial charge in [0.15, 0.2) is 11.8 Å². The number of unbranched alkanes of at least 4 members (excludes halogenated alkanes) is 2. The van der Waals surface area contributed by atoms with Gasteiger partial charge in [0.05, 0.1) is 0 Å². The Morgan fingerprint density at radius 1 is 1.13 bits per heavy atom. The van der Waals surface area contributed by atoms with Gasteiger partial charge in [-0.25, -0.2) is 4.99 Å².